The molecule has 10 heteroatoms. The van der Waals surface area contributed by atoms with Crippen LogP contribution in [0.15, 0.2) is 35.3 Å². The Hall–Kier alpha value is -3.07. The number of aromatic nitrogens is 4. The number of benzene rings is 1. The first-order valence-electron chi connectivity index (χ1n) is 10.3. The van der Waals surface area contributed by atoms with Gasteiger partial charge in [0.2, 0.25) is 0 Å². The quantitative estimate of drug-likeness (QED) is 0.552. The van der Waals surface area contributed by atoms with Gasteiger partial charge in [-0.15, -0.1) is 0 Å². The third-order valence-electron chi connectivity index (χ3n) is 5.84. The van der Waals surface area contributed by atoms with Crippen molar-refractivity contribution in [3.8, 4) is 0 Å². The maximum absolute atomic E-state index is 13.6. The highest BCUT2D eigenvalue weighted by atomic mass is 35.5. The molecule has 0 amide bonds. The number of hydrogen-bond acceptors (Lipinski definition) is 5. The van der Waals surface area contributed by atoms with Gasteiger partial charge in [-0.1, -0.05) is 42.8 Å². The smallest absolute Gasteiger partial charge is 0.285 e. The van der Waals surface area contributed by atoms with E-state index in [1.807, 2.05) is 4.90 Å². The lowest BCUT2D eigenvalue weighted by atomic mass is 9.99. The third-order valence-corrected chi connectivity index (χ3v) is 6.20. The molecule has 0 saturated heterocycles. The van der Waals surface area contributed by atoms with Crippen molar-refractivity contribution in [3.63, 3.8) is 0 Å². The molecule has 3 heterocycles. The Morgan fingerprint density at radius 1 is 1.28 bits per heavy atom. The fourth-order valence-corrected chi connectivity index (χ4v) is 4.39. The zero-order valence-electron chi connectivity index (χ0n) is 17.6. The number of carbonyl (C=O) groups is 1. The van der Waals surface area contributed by atoms with E-state index >= 15 is 0 Å². The molecule has 7 nitrogen and oxygen atoms in total. The number of aromatic amines is 1. The van der Waals surface area contributed by atoms with E-state index in [0.29, 0.717) is 36.5 Å². The first kappa shape index (κ1) is 22.1. The van der Waals surface area contributed by atoms with Crippen molar-refractivity contribution in [2.24, 2.45) is 0 Å². The van der Waals surface area contributed by atoms with Gasteiger partial charge in [0.15, 0.2) is 5.78 Å². The number of anilines is 1. The molecule has 4 rings (SSSR count). The predicted octanol–water partition coefficient (Wildman–Crippen LogP) is 4.32. The molecular formula is C22H22ClF2N5O2. The molecule has 1 aliphatic heterocycles. The van der Waals surface area contributed by atoms with E-state index in [0.717, 1.165) is 11.3 Å². The van der Waals surface area contributed by atoms with Crippen molar-refractivity contribution in [1.29, 1.82) is 0 Å². The van der Waals surface area contributed by atoms with E-state index in [-0.39, 0.29) is 22.8 Å². The van der Waals surface area contributed by atoms with E-state index in [1.54, 1.807) is 36.7 Å². The summed E-state index contributed by atoms with van der Waals surface area (Å²) in [5, 5.41) is 10.7. The molecule has 0 bridgehead atoms. The van der Waals surface area contributed by atoms with E-state index in [4.69, 9.17) is 11.6 Å². The fraction of sp³-hybridized carbons (Fsp3) is 0.364. The molecule has 3 aromatic rings. The monoisotopic (exact) mass is 461 g/mol. The molecular weight excluding hydrogens is 440 g/mol. The number of alkyl halides is 2. The van der Waals surface area contributed by atoms with Crippen LogP contribution in [0, 0.1) is 0 Å². The van der Waals surface area contributed by atoms with Crippen molar-refractivity contribution in [3.05, 3.63) is 73.9 Å². The maximum Gasteiger partial charge on any atom is 0.285 e. The van der Waals surface area contributed by atoms with Gasteiger partial charge in [-0.25, -0.2) is 13.9 Å². The summed E-state index contributed by atoms with van der Waals surface area (Å²) in [6.45, 7) is 4.37. The van der Waals surface area contributed by atoms with Crippen LogP contribution in [-0.4, -0.2) is 32.3 Å². The molecule has 32 heavy (non-hydrogen) atoms. The predicted molar refractivity (Wildman–Crippen MR) is 117 cm³/mol. The Balaban J connectivity index is 1.79. The lowest BCUT2D eigenvalue weighted by Gasteiger charge is -2.30. The number of carbonyl (C=O) groups excluding carboxylic acids is 1. The lowest BCUT2D eigenvalue weighted by molar-refractivity contribution is 0.0981. The summed E-state index contributed by atoms with van der Waals surface area (Å²) in [5.41, 5.74) is 2.26. The van der Waals surface area contributed by atoms with Crippen molar-refractivity contribution in [2.45, 2.75) is 45.7 Å². The van der Waals surface area contributed by atoms with Crippen molar-refractivity contribution in [2.75, 3.05) is 11.4 Å². The fourth-order valence-electron chi connectivity index (χ4n) is 4.18. The van der Waals surface area contributed by atoms with Crippen LogP contribution in [0.2, 0.25) is 5.02 Å². The molecule has 0 saturated carbocycles. The number of hydrogen-bond donors (Lipinski definition) is 1. The molecule has 0 unspecified atom stereocenters. The van der Waals surface area contributed by atoms with E-state index < -0.39 is 18.0 Å². The summed E-state index contributed by atoms with van der Waals surface area (Å²) in [7, 11) is 0. The first-order valence-corrected chi connectivity index (χ1v) is 10.7. The van der Waals surface area contributed by atoms with Gasteiger partial charge in [-0.3, -0.25) is 14.3 Å². The molecule has 0 aliphatic carbocycles. The van der Waals surface area contributed by atoms with Gasteiger partial charge in [0.05, 0.1) is 17.9 Å². The number of fused-ring (bicyclic) bond motifs is 1. The molecule has 1 N–H and O–H groups in total. The third kappa shape index (κ3) is 3.81. The summed E-state index contributed by atoms with van der Waals surface area (Å²) in [6.07, 6.45) is -0.372. The molecule has 1 aliphatic rings. The first-order chi connectivity index (χ1) is 15.3. The van der Waals surface area contributed by atoms with Crippen LogP contribution in [0.25, 0.3) is 0 Å². The molecule has 168 valence electrons. The Labute approximate surface area is 188 Å². The zero-order valence-corrected chi connectivity index (χ0v) is 18.4. The number of rotatable bonds is 6. The number of halogens is 3. The van der Waals surface area contributed by atoms with Gasteiger partial charge in [-0.05, 0) is 12.5 Å². The summed E-state index contributed by atoms with van der Waals surface area (Å²) in [6, 6.07) is 5.89. The van der Waals surface area contributed by atoms with E-state index in [9.17, 15) is 18.4 Å². The maximum atomic E-state index is 13.6. The summed E-state index contributed by atoms with van der Waals surface area (Å²) < 4.78 is 28.9. The average Bonchev–Trinajstić information content (AvgIpc) is 3.18. The highest BCUT2D eigenvalue weighted by molar-refractivity contribution is 6.33. The minimum absolute atomic E-state index is 0.0263. The van der Waals surface area contributed by atoms with Crippen LogP contribution in [0.4, 0.5) is 14.5 Å². The SMILES string of the molecule is CCC(=O)c1nn([C@@H](C)c2ccccc2C(F)F)c2c1CN(c1cn[nH]c(=O)c1Cl)CC2. The molecule has 1 aromatic carbocycles. The van der Waals surface area contributed by atoms with Gasteiger partial charge in [-0.2, -0.15) is 10.2 Å². The minimum atomic E-state index is -2.61. The highest BCUT2D eigenvalue weighted by Gasteiger charge is 2.31. The second kappa shape index (κ2) is 8.82. The second-order valence-electron chi connectivity index (χ2n) is 7.67. The van der Waals surface area contributed by atoms with Crippen LogP contribution < -0.4 is 10.5 Å². The molecule has 0 spiro atoms. The Kier molecular flexibility index (Phi) is 6.10. The van der Waals surface area contributed by atoms with E-state index in [1.165, 1.54) is 12.3 Å². The molecule has 2 aromatic heterocycles. The number of H-pyrrole nitrogens is 1. The van der Waals surface area contributed by atoms with Gasteiger partial charge in [0, 0.05) is 42.8 Å². The summed E-state index contributed by atoms with van der Waals surface area (Å²) in [4.78, 5) is 26.4. The Bertz CT molecular complexity index is 1220. The Morgan fingerprint density at radius 3 is 2.69 bits per heavy atom. The van der Waals surface area contributed by atoms with E-state index in [2.05, 4.69) is 15.3 Å². The van der Waals surface area contributed by atoms with Crippen LogP contribution in [0.3, 0.4) is 0 Å². The van der Waals surface area contributed by atoms with Crippen LogP contribution in [0.1, 0.15) is 65.6 Å². The van der Waals surface area contributed by atoms with Crippen molar-refractivity contribution < 1.29 is 13.6 Å². The zero-order chi connectivity index (χ0) is 23.0. The van der Waals surface area contributed by atoms with Gasteiger partial charge >= 0.3 is 0 Å². The average molecular weight is 462 g/mol. The number of nitrogens with zero attached hydrogens (tertiary/aromatic N) is 4. The number of nitrogens with one attached hydrogen (secondary N) is 1. The van der Waals surface area contributed by atoms with Gasteiger partial charge < -0.3 is 4.90 Å². The standard InChI is InChI=1S/C22H22ClF2N5O2/c1-3-18(31)20-15-11-29(17-10-26-27-22(32)19(17)23)9-8-16(15)30(28-20)12(2)13-6-4-5-7-14(13)21(24)25/h4-7,10,12,21H,3,8-9,11H2,1-2H3,(H,27,32)/t12-/m0/s1. The Morgan fingerprint density at radius 2 is 2.00 bits per heavy atom. The lowest BCUT2D eigenvalue weighted by Crippen LogP contribution is -2.33. The summed E-state index contributed by atoms with van der Waals surface area (Å²) in [5.74, 6) is -0.133. The second-order valence-corrected chi connectivity index (χ2v) is 8.05. The molecule has 0 fully saturated rings. The summed E-state index contributed by atoms with van der Waals surface area (Å²) >= 11 is 6.18. The van der Waals surface area contributed by atoms with Crippen LogP contribution in [-0.2, 0) is 13.0 Å². The molecule has 0 radical (unpaired) electrons. The van der Waals surface area contributed by atoms with Crippen molar-refractivity contribution >= 4 is 23.1 Å². The topological polar surface area (TPSA) is 83.9 Å². The van der Waals surface area contributed by atoms with Gasteiger partial charge in [0.1, 0.15) is 10.7 Å². The van der Waals surface area contributed by atoms with Crippen molar-refractivity contribution in [1.82, 2.24) is 20.0 Å². The van der Waals surface area contributed by atoms with Crippen LogP contribution in [0.5, 0.6) is 0 Å². The highest BCUT2D eigenvalue weighted by Crippen LogP contribution is 2.34. The largest absolute Gasteiger partial charge is 0.364 e. The number of ketones is 1. The normalized spacial score (nSPS) is 14.5. The minimum Gasteiger partial charge on any atom is -0.364 e. The molecule has 1 atom stereocenters. The van der Waals surface area contributed by atoms with Gasteiger partial charge in [0.25, 0.3) is 12.0 Å². The van der Waals surface area contributed by atoms with Crippen LogP contribution >= 0.6 is 11.6 Å². The number of Topliss-reactive ketones (excluding diaryl/α,β-unsaturated/α-hetero) is 1.